The molecule has 0 aromatic heterocycles. The van der Waals surface area contributed by atoms with E-state index in [1.165, 1.54) is 29.6 Å². The van der Waals surface area contributed by atoms with E-state index in [0.717, 1.165) is 0 Å². The maximum Gasteiger partial charge on any atom is 0.273 e. The van der Waals surface area contributed by atoms with Gasteiger partial charge >= 0.3 is 0 Å². The number of hydrogen-bond donors (Lipinski definition) is 1. The molecule has 0 heterocycles. The molecule has 1 aromatic carbocycles. The first-order valence-corrected chi connectivity index (χ1v) is 7.80. The van der Waals surface area contributed by atoms with Crippen molar-refractivity contribution in [3.05, 3.63) is 39.9 Å². The number of nitro groups is 1. The van der Waals surface area contributed by atoms with Crippen molar-refractivity contribution in [2.75, 3.05) is 27.2 Å². The molecule has 0 amide bonds. The molecule has 1 rings (SSSR count). The minimum absolute atomic E-state index is 0.167. The van der Waals surface area contributed by atoms with E-state index in [2.05, 4.69) is 5.32 Å². The van der Waals surface area contributed by atoms with Gasteiger partial charge in [-0.2, -0.15) is 0 Å². The fourth-order valence-corrected chi connectivity index (χ4v) is 3.00. The minimum Gasteiger partial charge on any atom is -0.320 e. The summed E-state index contributed by atoms with van der Waals surface area (Å²) in [4.78, 5) is 10.3. The number of hydrogen-bond acceptors (Lipinski definition) is 5. The summed E-state index contributed by atoms with van der Waals surface area (Å²) in [5, 5.41) is 13.8. The predicted octanol–water partition coefficient (Wildman–Crippen LogP) is 0.966. The first-order chi connectivity index (χ1) is 9.38. The van der Waals surface area contributed by atoms with Crippen LogP contribution in [-0.4, -0.2) is 44.8 Å². The van der Waals surface area contributed by atoms with E-state index in [1.807, 2.05) is 0 Å². The molecule has 0 fully saturated rings. The lowest BCUT2D eigenvalue weighted by atomic mass is 10.2. The molecule has 1 aromatic rings. The predicted molar refractivity (Wildman–Crippen MR) is 76.9 cm³/mol. The van der Waals surface area contributed by atoms with Gasteiger partial charge in [0.1, 0.15) is 0 Å². The highest BCUT2D eigenvalue weighted by atomic mass is 32.2. The molecule has 7 nitrogen and oxygen atoms in total. The fourth-order valence-electron chi connectivity index (χ4n) is 1.74. The molecule has 1 N–H and O–H groups in total. The topological polar surface area (TPSA) is 92.6 Å². The summed E-state index contributed by atoms with van der Waals surface area (Å²) in [5.74, 6) is -0.361. The monoisotopic (exact) mass is 301 g/mol. The Kier molecular flexibility index (Phi) is 6.05. The third kappa shape index (κ3) is 4.55. The molecule has 20 heavy (non-hydrogen) atoms. The van der Waals surface area contributed by atoms with Crippen LogP contribution in [0.25, 0.3) is 0 Å². The number of rotatable bonds is 8. The van der Waals surface area contributed by atoms with Gasteiger partial charge < -0.3 is 5.32 Å². The molecule has 112 valence electrons. The maximum absolute atomic E-state index is 12.2. The Bertz CT molecular complexity index is 560. The molecule has 0 atom stereocenters. The molecule has 8 heteroatoms. The summed E-state index contributed by atoms with van der Waals surface area (Å²) in [5.41, 5.74) is 0.0395. The van der Waals surface area contributed by atoms with Crippen LogP contribution in [0, 0.1) is 10.1 Å². The zero-order valence-corrected chi connectivity index (χ0v) is 12.4. The largest absolute Gasteiger partial charge is 0.320 e. The zero-order valence-electron chi connectivity index (χ0n) is 11.6. The number of para-hydroxylation sites is 1. The van der Waals surface area contributed by atoms with Crippen LogP contribution in [0.15, 0.2) is 24.3 Å². The number of sulfonamides is 1. The van der Waals surface area contributed by atoms with Gasteiger partial charge in [0, 0.05) is 25.2 Å². The highest BCUT2D eigenvalue weighted by Crippen LogP contribution is 2.21. The van der Waals surface area contributed by atoms with E-state index < -0.39 is 14.9 Å². The Morgan fingerprint density at radius 3 is 2.60 bits per heavy atom. The van der Waals surface area contributed by atoms with Crippen LogP contribution in [-0.2, 0) is 15.8 Å². The number of nitrogens with one attached hydrogen (secondary N) is 1. The van der Waals surface area contributed by atoms with Crippen molar-refractivity contribution < 1.29 is 13.3 Å². The Morgan fingerprint density at radius 2 is 2.00 bits per heavy atom. The number of nitro benzene ring substituents is 1. The SMILES string of the molecule is CNCCCN(C)S(=O)(=O)Cc1ccccc1[N+](=O)[O-]. The van der Waals surface area contributed by atoms with Gasteiger partial charge in [0.25, 0.3) is 5.69 Å². The van der Waals surface area contributed by atoms with Crippen molar-refractivity contribution in [2.24, 2.45) is 0 Å². The molecule has 0 aliphatic carbocycles. The molecule has 0 radical (unpaired) electrons. The van der Waals surface area contributed by atoms with Crippen LogP contribution in [0.3, 0.4) is 0 Å². The van der Waals surface area contributed by atoms with Gasteiger partial charge in [0.15, 0.2) is 0 Å². The number of nitrogens with zero attached hydrogens (tertiary/aromatic N) is 2. The lowest BCUT2D eigenvalue weighted by Crippen LogP contribution is -2.30. The highest BCUT2D eigenvalue weighted by Gasteiger charge is 2.23. The Labute approximate surface area is 118 Å². The third-order valence-corrected chi connectivity index (χ3v) is 4.71. The van der Waals surface area contributed by atoms with E-state index in [4.69, 9.17) is 0 Å². The van der Waals surface area contributed by atoms with Gasteiger partial charge in [0.05, 0.1) is 10.7 Å². The van der Waals surface area contributed by atoms with E-state index in [0.29, 0.717) is 19.5 Å². The second-order valence-electron chi connectivity index (χ2n) is 4.42. The van der Waals surface area contributed by atoms with Crippen LogP contribution in [0.2, 0.25) is 0 Å². The van der Waals surface area contributed by atoms with Crippen LogP contribution in [0.5, 0.6) is 0 Å². The second-order valence-corrected chi connectivity index (χ2v) is 6.50. The lowest BCUT2D eigenvalue weighted by Gasteiger charge is -2.17. The first kappa shape index (κ1) is 16.5. The smallest absolute Gasteiger partial charge is 0.273 e. The molecular weight excluding hydrogens is 282 g/mol. The van der Waals surface area contributed by atoms with E-state index in [-0.39, 0.29) is 17.0 Å². The average Bonchev–Trinajstić information content (AvgIpc) is 2.38. The summed E-state index contributed by atoms with van der Waals surface area (Å²) in [6.07, 6.45) is 0.684. The van der Waals surface area contributed by atoms with E-state index >= 15 is 0 Å². The molecule has 0 saturated heterocycles. The Balaban J connectivity index is 2.83. The molecule has 0 spiro atoms. The number of benzene rings is 1. The summed E-state index contributed by atoms with van der Waals surface area (Å²) in [6, 6.07) is 5.90. The van der Waals surface area contributed by atoms with Gasteiger partial charge in [-0.25, -0.2) is 12.7 Å². The average molecular weight is 301 g/mol. The zero-order chi connectivity index (χ0) is 15.2. The fraction of sp³-hybridized carbons (Fsp3) is 0.500. The minimum atomic E-state index is -3.55. The summed E-state index contributed by atoms with van der Waals surface area (Å²) >= 11 is 0. The Hall–Kier alpha value is -1.51. The maximum atomic E-state index is 12.2. The van der Waals surface area contributed by atoms with Crippen LogP contribution in [0.1, 0.15) is 12.0 Å². The Morgan fingerprint density at radius 1 is 1.35 bits per heavy atom. The van der Waals surface area contributed by atoms with E-state index in [9.17, 15) is 18.5 Å². The molecular formula is C12H19N3O4S. The van der Waals surface area contributed by atoms with Crippen molar-refractivity contribution in [1.82, 2.24) is 9.62 Å². The standard InChI is InChI=1S/C12H19N3O4S/c1-13-8-5-9-14(2)20(18,19)10-11-6-3-4-7-12(11)15(16)17/h3-4,6-7,13H,5,8-10H2,1-2H3. The van der Waals surface area contributed by atoms with Crippen LogP contribution >= 0.6 is 0 Å². The lowest BCUT2D eigenvalue weighted by molar-refractivity contribution is -0.385. The van der Waals surface area contributed by atoms with Crippen molar-refractivity contribution in [1.29, 1.82) is 0 Å². The summed E-state index contributed by atoms with van der Waals surface area (Å²) < 4.78 is 25.5. The molecule has 0 aliphatic rings. The highest BCUT2D eigenvalue weighted by molar-refractivity contribution is 7.88. The van der Waals surface area contributed by atoms with Crippen LogP contribution < -0.4 is 5.32 Å². The molecule has 0 aliphatic heterocycles. The van der Waals surface area contributed by atoms with Crippen molar-refractivity contribution in [3.8, 4) is 0 Å². The van der Waals surface area contributed by atoms with Crippen LogP contribution in [0.4, 0.5) is 5.69 Å². The quantitative estimate of drug-likeness (QED) is 0.439. The second kappa shape index (κ2) is 7.32. The van der Waals surface area contributed by atoms with E-state index in [1.54, 1.807) is 13.1 Å². The summed E-state index contributed by atoms with van der Waals surface area (Å²) in [6.45, 7) is 1.09. The third-order valence-electron chi connectivity index (χ3n) is 2.90. The van der Waals surface area contributed by atoms with Gasteiger partial charge in [-0.15, -0.1) is 0 Å². The van der Waals surface area contributed by atoms with Gasteiger partial charge in [-0.05, 0) is 20.0 Å². The van der Waals surface area contributed by atoms with Crippen molar-refractivity contribution >= 4 is 15.7 Å². The van der Waals surface area contributed by atoms with Gasteiger partial charge in [-0.1, -0.05) is 18.2 Å². The van der Waals surface area contributed by atoms with Gasteiger partial charge in [0.2, 0.25) is 10.0 Å². The molecule has 0 saturated carbocycles. The summed E-state index contributed by atoms with van der Waals surface area (Å²) in [7, 11) is -0.269. The van der Waals surface area contributed by atoms with Crippen molar-refractivity contribution in [3.63, 3.8) is 0 Å². The van der Waals surface area contributed by atoms with Gasteiger partial charge in [-0.3, -0.25) is 10.1 Å². The molecule has 0 unspecified atom stereocenters. The first-order valence-electron chi connectivity index (χ1n) is 6.19. The van der Waals surface area contributed by atoms with Crippen molar-refractivity contribution in [2.45, 2.75) is 12.2 Å². The molecule has 0 bridgehead atoms. The normalized spacial score (nSPS) is 11.8.